The topological polar surface area (TPSA) is 16.4 Å². The fraction of sp³-hybridized carbons (Fsp3) is 0.0182. The molecule has 0 bridgehead atoms. The quantitative estimate of drug-likeness (QED) is 0.176. The highest BCUT2D eigenvalue weighted by atomic mass is 16.3. The summed E-state index contributed by atoms with van der Waals surface area (Å²) in [5, 5.41) is 2.28. The fourth-order valence-electron chi connectivity index (χ4n) is 9.89. The third-order valence-corrected chi connectivity index (χ3v) is 12.3. The molecule has 2 heteroatoms. The molecule has 0 unspecified atom stereocenters. The molecule has 266 valence electrons. The largest absolute Gasteiger partial charge is 0.456 e. The molecule has 0 aliphatic heterocycles. The third-order valence-electron chi connectivity index (χ3n) is 12.3. The van der Waals surface area contributed by atoms with Gasteiger partial charge in [0.25, 0.3) is 0 Å². The van der Waals surface area contributed by atoms with Crippen LogP contribution in [0, 0.1) is 0 Å². The molecule has 57 heavy (non-hydrogen) atoms. The normalized spacial score (nSPS) is 13.1. The number of benzene rings is 9. The number of para-hydroxylation sites is 2. The number of anilines is 3. The minimum atomic E-state index is -0.432. The first-order valence-corrected chi connectivity index (χ1v) is 19.7. The first-order valence-electron chi connectivity index (χ1n) is 19.7. The number of fused-ring (bicyclic) bond motifs is 13. The monoisotopic (exact) mass is 725 g/mol. The first kappa shape index (κ1) is 31.9. The van der Waals surface area contributed by atoms with Crippen LogP contribution in [0.1, 0.15) is 22.3 Å². The summed E-state index contributed by atoms with van der Waals surface area (Å²) >= 11 is 0. The molecule has 0 fully saturated rings. The van der Waals surface area contributed by atoms with Gasteiger partial charge in [0.2, 0.25) is 0 Å². The van der Waals surface area contributed by atoms with Crippen molar-refractivity contribution >= 4 is 39.0 Å². The minimum Gasteiger partial charge on any atom is -0.456 e. The lowest BCUT2D eigenvalue weighted by molar-refractivity contribution is 0.669. The lowest BCUT2D eigenvalue weighted by Crippen LogP contribution is -2.26. The molecule has 1 heterocycles. The highest BCUT2D eigenvalue weighted by Crippen LogP contribution is 2.63. The van der Waals surface area contributed by atoms with Gasteiger partial charge in [0, 0.05) is 27.7 Å². The molecule has 1 aromatic heterocycles. The Kier molecular flexibility index (Phi) is 6.88. The zero-order valence-corrected chi connectivity index (χ0v) is 31.1. The Hall–Kier alpha value is -7.42. The number of rotatable bonds is 5. The maximum absolute atomic E-state index is 6.28. The van der Waals surface area contributed by atoms with Gasteiger partial charge in [-0.1, -0.05) is 164 Å². The van der Waals surface area contributed by atoms with Crippen LogP contribution >= 0.6 is 0 Å². The van der Waals surface area contributed by atoms with Crippen LogP contribution in [0.3, 0.4) is 0 Å². The molecular formula is C55H35NO. The van der Waals surface area contributed by atoms with Crippen molar-refractivity contribution in [2.24, 2.45) is 0 Å². The number of hydrogen-bond donors (Lipinski definition) is 0. The van der Waals surface area contributed by atoms with E-state index in [0.717, 1.165) is 50.1 Å². The maximum Gasteiger partial charge on any atom is 0.136 e. The average molecular weight is 726 g/mol. The Balaban J connectivity index is 1.06. The van der Waals surface area contributed by atoms with Gasteiger partial charge in [-0.05, 0) is 110 Å². The molecule has 12 rings (SSSR count). The molecule has 0 radical (unpaired) electrons. The van der Waals surface area contributed by atoms with Crippen LogP contribution in [-0.4, -0.2) is 0 Å². The van der Waals surface area contributed by atoms with E-state index in [9.17, 15) is 0 Å². The van der Waals surface area contributed by atoms with Crippen molar-refractivity contribution in [3.8, 4) is 44.5 Å². The Morgan fingerprint density at radius 3 is 1.54 bits per heavy atom. The fourth-order valence-corrected chi connectivity index (χ4v) is 9.89. The SMILES string of the molecule is c1ccc(-c2ccccc2N(c2ccc(-c3ccc4c(c3)oc3ccccc34)cc2)c2ccc3c(c2)C2(c4ccccc4-c4ccccc42)c2ccccc2-3)cc1. The van der Waals surface area contributed by atoms with Gasteiger partial charge in [-0.3, -0.25) is 0 Å². The summed E-state index contributed by atoms with van der Waals surface area (Å²) in [6.07, 6.45) is 0. The Morgan fingerprint density at radius 1 is 0.316 bits per heavy atom. The number of nitrogens with zero attached hydrogens (tertiary/aromatic N) is 1. The van der Waals surface area contributed by atoms with Crippen LogP contribution in [0.25, 0.3) is 66.4 Å². The molecule has 0 saturated carbocycles. The van der Waals surface area contributed by atoms with E-state index in [1.165, 1.54) is 55.6 Å². The van der Waals surface area contributed by atoms with Gasteiger partial charge in [-0.2, -0.15) is 0 Å². The van der Waals surface area contributed by atoms with Gasteiger partial charge in [0.05, 0.1) is 11.1 Å². The summed E-state index contributed by atoms with van der Waals surface area (Å²) in [5.41, 5.74) is 19.9. The van der Waals surface area contributed by atoms with E-state index in [2.05, 4.69) is 205 Å². The average Bonchev–Trinajstić information content (AvgIpc) is 3.91. The number of hydrogen-bond acceptors (Lipinski definition) is 2. The second-order valence-electron chi connectivity index (χ2n) is 15.2. The standard InChI is InChI=1S/C55H35NO/c1-2-14-37(15-3-1)41-16-7-12-24-52(41)56(39-29-26-36(27-30-39)38-28-32-47-46-20-8-13-25-53(46)57-54(47)34-38)40-31-33-45-44-19-6-11-23-50(44)55(51(45)35-40)48-21-9-4-17-42(48)43-18-5-10-22-49(43)55/h1-35H. The summed E-state index contributed by atoms with van der Waals surface area (Å²) in [4.78, 5) is 2.44. The summed E-state index contributed by atoms with van der Waals surface area (Å²) < 4.78 is 6.28. The van der Waals surface area contributed by atoms with E-state index < -0.39 is 5.41 Å². The summed E-state index contributed by atoms with van der Waals surface area (Å²) in [5.74, 6) is 0. The lowest BCUT2D eigenvalue weighted by Gasteiger charge is -2.32. The summed E-state index contributed by atoms with van der Waals surface area (Å²) in [7, 11) is 0. The van der Waals surface area contributed by atoms with Crippen LogP contribution in [0.2, 0.25) is 0 Å². The van der Waals surface area contributed by atoms with Gasteiger partial charge < -0.3 is 9.32 Å². The van der Waals surface area contributed by atoms with Crippen molar-refractivity contribution in [3.63, 3.8) is 0 Å². The van der Waals surface area contributed by atoms with Gasteiger partial charge in [-0.25, -0.2) is 0 Å². The predicted octanol–water partition coefficient (Wildman–Crippen LogP) is 14.7. The van der Waals surface area contributed by atoms with E-state index in [4.69, 9.17) is 4.42 Å². The number of furan rings is 1. The van der Waals surface area contributed by atoms with Crippen molar-refractivity contribution in [2.75, 3.05) is 4.90 Å². The first-order chi connectivity index (χ1) is 28.3. The molecule has 10 aromatic rings. The lowest BCUT2D eigenvalue weighted by atomic mass is 9.70. The Bertz CT molecular complexity index is 3130. The highest BCUT2D eigenvalue weighted by molar-refractivity contribution is 6.06. The van der Waals surface area contributed by atoms with Crippen molar-refractivity contribution in [2.45, 2.75) is 5.41 Å². The molecule has 0 saturated heterocycles. The smallest absolute Gasteiger partial charge is 0.136 e. The minimum absolute atomic E-state index is 0.432. The van der Waals surface area contributed by atoms with Gasteiger partial charge in [-0.15, -0.1) is 0 Å². The molecule has 1 spiro atoms. The van der Waals surface area contributed by atoms with Crippen LogP contribution in [0.4, 0.5) is 17.1 Å². The predicted molar refractivity (Wildman–Crippen MR) is 236 cm³/mol. The Morgan fingerprint density at radius 2 is 0.842 bits per heavy atom. The highest BCUT2D eigenvalue weighted by Gasteiger charge is 2.51. The van der Waals surface area contributed by atoms with E-state index >= 15 is 0 Å². The molecule has 2 aliphatic rings. The molecule has 2 aliphatic carbocycles. The van der Waals surface area contributed by atoms with E-state index in [-0.39, 0.29) is 0 Å². The zero-order valence-electron chi connectivity index (χ0n) is 31.1. The summed E-state index contributed by atoms with van der Waals surface area (Å²) in [6, 6.07) is 77.5. The van der Waals surface area contributed by atoms with Crippen molar-refractivity contribution in [1.29, 1.82) is 0 Å². The molecule has 2 nitrogen and oxygen atoms in total. The van der Waals surface area contributed by atoms with Gasteiger partial charge in [0.1, 0.15) is 11.2 Å². The second kappa shape index (κ2) is 12.3. The molecule has 0 amide bonds. The molecule has 0 N–H and O–H groups in total. The zero-order chi connectivity index (χ0) is 37.5. The molecule has 9 aromatic carbocycles. The van der Waals surface area contributed by atoms with Crippen LogP contribution < -0.4 is 4.90 Å². The second-order valence-corrected chi connectivity index (χ2v) is 15.2. The van der Waals surface area contributed by atoms with Crippen molar-refractivity contribution in [3.05, 3.63) is 235 Å². The van der Waals surface area contributed by atoms with Crippen LogP contribution in [-0.2, 0) is 5.41 Å². The molecule has 0 atom stereocenters. The van der Waals surface area contributed by atoms with Crippen LogP contribution in [0.5, 0.6) is 0 Å². The molecular weight excluding hydrogens is 691 g/mol. The van der Waals surface area contributed by atoms with Crippen LogP contribution in [0.15, 0.2) is 217 Å². The Labute approximate surface area is 331 Å². The van der Waals surface area contributed by atoms with E-state index in [1.54, 1.807) is 0 Å². The van der Waals surface area contributed by atoms with Gasteiger partial charge >= 0.3 is 0 Å². The summed E-state index contributed by atoms with van der Waals surface area (Å²) in [6.45, 7) is 0. The van der Waals surface area contributed by atoms with Crippen molar-refractivity contribution in [1.82, 2.24) is 0 Å². The van der Waals surface area contributed by atoms with Crippen molar-refractivity contribution < 1.29 is 4.42 Å². The van der Waals surface area contributed by atoms with E-state index in [1.807, 2.05) is 12.1 Å². The third kappa shape index (κ3) is 4.59. The van der Waals surface area contributed by atoms with Gasteiger partial charge in [0.15, 0.2) is 0 Å². The maximum atomic E-state index is 6.28. The van der Waals surface area contributed by atoms with E-state index in [0.29, 0.717) is 0 Å².